The van der Waals surface area contributed by atoms with Crippen LogP contribution in [0.2, 0.25) is 0 Å². The monoisotopic (exact) mass is 333 g/mol. The highest BCUT2D eigenvalue weighted by molar-refractivity contribution is 7.09. The van der Waals surface area contributed by atoms with Crippen LogP contribution in [0.15, 0.2) is 35.7 Å². The van der Waals surface area contributed by atoms with Crippen molar-refractivity contribution in [2.24, 2.45) is 0 Å². The van der Waals surface area contributed by atoms with Gasteiger partial charge in [0, 0.05) is 17.9 Å². The zero-order valence-electron chi connectivity index (χ0n) is 13.5. The van der Waals surface area contributed by atoms with Crippen molar-refractivity contribution in [1.82, 2.24) is 15.6 Å². The molecule has 0 bridgehead atoms. The first-order valence-corrected chi connectivity index (χ1v) is 8.62. The second-order valence-corrected chi connectivity index (χ2v) is 6.52. The second-order valence-electron chi connectivity index (χ2n) is 5.63. The number of hydrogen-bond donors (Lipinski definition) is 3. The van der Waals surface area contributed by atoms with E-state index in [-0.39, 0.29) is 18.7 Å². The molecule has 0 aliphatic carbocycles. The highest BCUT2D eigenvalue weighted by atomic mass is 32.1. The maximum Gasteiger partial charge on any atom is 0.315 e. The summed E-state index contributed by atoms with van der Waals surface area (Å²) in [5, 5.41) is 18.0. The Morgan fingerprint density at radius 1 is 1.30 bits per heavy atom. The summed E-state index contributed by atoms with van der Waals surface area (Å²) in [4.78, 5) is 16.6. The molecule has 0 radical (unpaired) electrons. The van der Waals surface area contributed by atoms with E-state index in [4.69, 9.17) is 0 Å². The number of nitrogens with zero attached hydrogens (tertiary/aromatic N) is 1. The van der Waals surface area contributed by atoms with Crippen molar-refractivity contribution < 1.29 is 9.90 Å². The molecule has 1 aromatic carbocycles. The van der Waals surface area contributed by atoms with Gasteiger partial charge < -0.3 is 15.7 Å². The molecule has 0 saturated heterocycles. The number of aliphatic hydroxyl groups is 1. The third-order valence-corrected chi connectivity index (χ3v) is 4.61. The molecule has 0 aliphatic heterocycles. The quantitative estimate of drug-likeness (QED) is 0.728. The largest absolute Gasteiger partial charge is 0.396 e. The predicted octanol–water partition coefficient (Wildman–Crippen LogP) is 3.19. The molecule has 0 spiro atoms. The minimum absolute atomic E-state index is 0.0175. The molecule has 1 heterocycles. The Bertz CT molecular complexity index is 613. The summed E-state index contributed by atoms with van der Waals surface area (Å²) in [5.41, 5.74) is 1.85. The van der Waals surface area contributed by atoms with E-state index in [0.717, 1.165) is 16.3 Å². The molecule has 1 atom stereocenters. The Kier molecular flexibility index (Phi) is 6.55. The van der Waals surface area contributed by atoms with Crippen LogP contribution < -0.4 is 10.6 Å². The summed E-state index contributed by atoms with van der Waals surface area (Å²) < 4.78 is 0. The van der Waals surface area contributed by atoms with Crippen molar-refractivity contribution >= 4 is 17.4 Å². The van der Waals surface area contributed by atoms with Gasteiger partial charge in [-0.1, -0.05) is 44.2 Å². The van der Waals surface area contributed by atoms with E-state index in [9.17, 15) is 9.90 Å². The molecule has 0 saturated carbocycles. The summed E-state index contributed by atoms with van der Waals surface area (Å²) in [7, 11) is 0. The highest BCUT2D eigenvalue weighted by Crippen LogP contribution is 2.19. The molecule has 2 amide bonds. The number of aliphatic hydroxyl groups excluding tert-OH is 1. The standard InChI is InChI=1S/C17H23N3O2S/c1-12(2)16-19-14(11-23-16)10-18-17(22)20-15(8-9-21)13-6-4-3-5-7-13/h3-7,11-12,15,21H,8-10H2,1-2H3,(H2,18,20,22)/t15-/m1/s1. The Morgan fingerprint density at radius 3 is 2.65 bits per heavy atom. The summed E-state index contributed by atoms with van der Waals surface area (Å²) in [6.45, 7) is 4.61. The fourth-order valence-electron chi connectivity index (χ4n) is 2.19. The van der Waals surface area contributed by atoms with Gasteiger partial charge in [0.15, 0.2) is 0 Å². The van der Waals surface area contributed by atoms with Gasteiger partial charge in [-0.25, -0.2) is 9.78 Å². The van der Waals surface area contributed by atoms with Crippen LogP contribution in [0.3, 0.4) is 0 Å². The van der Waals surface area contributed by atoms with Crippen LogP contribution in [-0.4, -0.2) is 22.7 Å². The number of nitrogens with one attached hydrogen (secondary N) is 2. The first-order valence-electron chi connectivity index (χ1n) is 7.74. The maximum atomic E-state index is 12.1. The number of benzene rings is 1. The molecule has 23 heavy (non-hydrogen) atoms. The van der Waals surface area contributed by atoms with Crippen LogP contribution in [-0.2, 0) is 6.54 Å². The van der Waals surface area contributed by atoms with Gasteiger partial charge in [0.2, 0.25) is 0 Å². The SMILES string of the molecule is CC(C)c1nc(CNC(=O)N[C@H](CCO)c2ccccc2)cs1. The van der Waals surface area contributed by atoms with Crippen LogP contribution in [0.1, 0.15) is 48.5 Å². The zero-order chi connectivity index (χ0) is 16.7. The third kappa shape index (κ3) is 5.33. The van der Waals surface area contributed by atoms with Crippen LogP contribution in [0.5, 0.6) is 0 Å². The number of aromatic nitrogens is 1. The molecule has 3 N–H and O–H groups in total. The van der Waals surface area contributed by atoms with Crippen LogP contribution in [0, 0.1) is 0 Å². The van der Waals surface area contributed by atoms with Gasteiger partial charge in [0.1, 0.15) is 0 Å². The predicted molar refractivity (Wildman–Crippen MR) is 92.5 cm³/mol. The topological polar surface area (TPSA) is 74.2 Å². The van der Waals surface area contributed by atoms with E-state index >= 15 is 0 Å². The molecule has 124 valence electrons. The van der Waals surface area contributed by atoms with Gasteiger partial charge in [0.05, 0.1) is 23.3 Å². The Morgan fingerprint density at radius 2 is 2.04 bits per heavy atom. The Labute approximate surface area is 140 Å². The summed E-state index contributed by atoms with van der Waals surface area (Å²) in [6, 6.07) is 9.18. The average Bonchev–Trinajstić information content (AvgIpc) is 3.03. The van der Waals surface area contributed by atoms with Gasteiger partial charge in [-0.15, -0.1) is 11.3 Å². The van der Waals surface area contributed by atoms with Crippen LogP contribution >= 0.6 is 11.3 Å². The Hall–Kier alpha value is -1.92. The van der Waals surface area contributed by atoms with E-state index in [0.29, 0.717) is 18.9 Å². The lowest BCUT2D eigenvalue weighted by Crippen LogP contribution is -2.38. The van der Waals surface area contributed by atoms with Gasteiger partial charge in [-0.3, -0.25) is 0 Å². The molecule has 0 aliphatic rings. The van der Waals surface area contributed by atoms with Gasteiger partial charge in [-0.2, -0.15) is 0 Å². The van der Waals surface area contributed by atoms with E-state index in [1.807, 2.05) is 35.7 Å². The van der Waals surface area contributed by atoms with Gasteiger partial charge in [-0.05, 0) is 12.0 Å². The van der Waals surface area contributed by atoms with Crippen molar-refractivity contribution in [2.45, 2.75) is 38.8 Å². The lowest BCUT2D eigenvalue weighted by molar-refractivity contribution is 0.229. The van der Waals surface area contributed by atoms with Crippen molar-refractivity contribution in [3.05, 3.63) is 52.0 Å². The molecule has 2 rings (SSSR count). The van der Waals surface area contributed by atoms with Crippen molar-refractivity contribution in [1.29, 1.82) is 0 Å². The molecular formula is C17H23N3O2S. The van der Waals surface area contributed by atoms with Gasteiger partial charge in [0.25, 0.3) is 0 Å². The number of carbonyl (C=O) groups excluding carboxylic acids is 1. The lowest BCUT2D eigenvalue weighted by Gasteiger charge is -2.18. The van der Waals surface area contributed by atoms with Crippen LogP contribution in [0.25, 0.3) is 0 Å². The molecule has 0 unspecified atom stereocenters. The highest BCUT2D eigenvalue weighted by Gasteiger charge is 2.14. The molecular weight excluding hydrogens is 310 g/mol. The first kappa shape index (κ1) is 17.4. The lowest BCUT2D eigenvalue weighted by atomic mass is 10.0. The van der Waals surface area contributed by atoms with Crippen molar-refractivity contribution in [3.8, 4) is 0 Å². The van der Waals surface area contributed by atoms with E-state index in [2.05, 4.69) is 29.5 Å². The minimum atomic E-state index is -0.258. The van der Waals surface area contributed by atoms with Crippen LogP contribution in [0.4, 0.5) is 4.79 Å². The summed E-state index contributed by atoms with van der Waals surface area (Å²) >= 11 is 1.61. The summed E-state index contributed by atoms with van der Waals surface area (Å²) in [5.74, 6) is 0.398. The van der Waals surface area contributed by atoms with E-state index in [1.54, 1.807) is 11.3 Å². The zero-order valence-corrected chi connectivity index (χ0v) is 14.3. The Balaban J connectivity index is 1.89. The first-order chi connectivity index (χ1) is 11.1. The second kappa shape index (κ2) is 8.64. The maximum absolute atomic E-state index is 12.1. The fraction of sp³-hybridized carbons (Fsp3) is 0.412. The average molecular weight is 333 g/mol. The van der Waals surface area contributed by atoms with E-state index in [1.165, 1.54) is 0 Å². The van der Waals surface area contributed by atoms with Gasteiger partial charge >= 0.3 is 6.03 Å². The smallest absolute Gasteiger partial charge is 0.315 e. The molecule has 5 nitrogen and oxygen atoms in total. The number of urea groups is 1. The van der Waals surface area contributed by atoms with E-state index < -0.39 is 0 Å². The number of amides is 2. The number of hydrogen-bond acceptors (Lipinski definition) is 4. The minimum Gasteiger partial charge on any atom is -0.396 e. The third-order valence-electron chi connectivity index (χ3n) is 3.42. The molecule has 2 aromatic rings. The normalized spacial score (nSPS) is 12.2. The number of carbonyl (C=O) groups is 1. The number of thiazole rings is 1. The van der Waals surface area contributed by atoms with Crippen molar-refractivity contribution in [3.63, 3.8) is 0 Å². The molecule has 1 aromatic heterocycles. The molecule has 0 fully saturated rings. The summed E-state index contributed by atoms with van der Waals surface area (Å²) in [6.07, 6.45) is 0.478. The number of rotatable bonds is 7. The molecule has 6 heteroatoms. The fourth-order valence-corrected chi connectivity index (χ4v) is 3.02. The van der Waals surface area contributed by atoms with Crippen molar-refractivity contribution in [2.75, 3.05) is 6.61 Å².